The van der Waals surface area contributed by atoms with Crippen LogP contribution in [0.2, 0.25) is 0 Å². The van der Waals surface area contributed by atoms with Gasteiger partial charge in [0.15, 0.2) is 0 Å². The fourth-order valence-corrected chi connectivity index (χ4v) is 3.39. The zero-order valence-electron chi connectivity index (χ0n) is 14.8. The summed E-state index contributed by atoms with van der Waals surface area (Å²) in [4.78, 5) is 16.8. The van der Waals surface area contributed by atoms with Gasteiger partial charge in [0.1, 0.15) is 11.5 Å². The highest BCUT2D eigenvalue weighted by atomic mass is 16.5. The second-order valence-electron chi connectivity index (χ2n) is 6.59. The molecule has 2 atom stereocenters. The number of hydrogen-bond acceptors (Lipinski definition) is 4. The van der Waals surface area contributed by atoms with E-state index in [2.05, 4.69) is 27.8 Å². The van der Waals surface area contributed by atoms with Crippen molar-refractivity contribution in [3.63, 3.8) is 0 Å². The Labute approximate surface area is 158 Å². The fourth-order valence-electron chi connectivity index (χ4n) is 3.39. The van der Waals surface area contributed by atoms with Crippen molar-refractivity contribution in [1.82, 2.24) is 10.3 Å². The van der Waals surface area contributed by atoms with Crippen LogP contribution in [0.1, 0.15) is 11.5 Å². The fraction of sp³-hybridized carbons (Fsp3) is 0.182. The highest BCUT2D eigenvalue weighted by Crippen LogP contribution is 2.29. The number of rotatable bonds is 5. The molecule has 1 aliphatic rings. The van der Waals surface area contributed by atoms with E-state index in [4.69, 9.17) is 4.74 Å². The minimum Gasteiger partial charge on any atom is -0.456 e. The van der Waals surface area contributed by atoms with Gasteiger partial charge in [-0.3, -0.25) is 9.78 Å². The first-order valence-corrected chi connectivity index (χ1v) is 9.04. The Bertz CT molecular complexity index is 882. The number of nitrogens with zero attached hydrogens (tertiary/aromatic N) is 1. The SMILES string of the molecule is O=C(Nc1ccc(Oc2cccnc2)cc1)C1CNCC1c1ccccc1. The van der Waals surface area contributed by atoms with Gasteiger partial charge in [0.2, 0.25) is 5.91 Å². The van der Waals surface area contributed by atoms with Crippen LogP contribution in [0.5, 0.6) is 11.5 Å². The summed E-state index contributed by atoms with van der Waals surface area (Å²) in [6, 6.07) is 21.2. The van der Waals surface area contributed by atoms with Gasteiger partial charge >= 0.3 is 0 Å². The lowest BCUT2D eigenvalue weighted by atomic mass is 9.88. The minimum atomic E-state index is -0.0845. The molecule has 4 rings (SSSR count). The van der Waals surface area contributed by atoms with E-state index >= 15 is 0 Å². The summed E-state index contributed by atoms with van der Waals surface area (Å²) in [5.74, 6) is 1.52. The van der Waals surface area contributed by atoms with E-state index in [9.17, 15) is 4.79 Å². The van der Waals surface area contributed by atoms with E-state index in [1.165, 1.54) is 5.56 Å². The molecule has 0 aliphatic carbocycles. The standard InChI is InChI=1S/C22H21N3O2/c26-22(21-15-24-14-20(21)16-5-2-1-3-6-16)25-17-8-10-18(11-9-17)27-19-7-4-12-23-13-19/h1-13,20-21,24H,14-15H2,(H,25,26). The van der Waals surface area contributed by atoms with Crippen molar-refractivity contribution in [1.29, 1.82) is 0 Å². The molecular weight excluding hydrogens is 338 g/mol. The number of nitrogens with one attached hydrogen (secondary N) is 2. The number of carbonyl (C=O) groups excluding carboxylic acids is 1. The number of anilines is 1. The second-order valence-corrected chi connectivity index (χ2v) is 6.59. The average Bonchev–Trinajstić information content (AvgIpc) is 3.21. The normalized spacial score (nSPS) is 18.8. The molecule has 1 aromatic heterocycles. The average molecular weight is 359 g/mol. The molecule has 0 bridgehead atoms. The second kappa shape index (κ2) is 8.01. The molecule has 1 fully saturated rings. The Balaban J connectivity index is 1.40. The van der Waals surface area contributed by atoms with E-state index in [-0.39, 0.29) is 17.7 Å². The highest BCUT2D eigenvalue weighted by Gasteiger charge is 2.33. The lowest BCUT2D eigenvalue weighted by Crippen LogP contribution is -2.28. The summed E-state index contributed by atoms with van der Waals surface area (Å²) in [6.45, 7) is 1.51. The number of pyridine rings is 1. The van der Waals surface area contributed by atoms with E-state index in [0.29, 0.717) is 18.0 Å². The van der Waals surface area contributed by atoms with Crippen LogP contribution in [0.15, 0.2) is 79.1 Å². The molecule has 5 heteroatoms. The molecular formula is C22H21N3O2. The first-order chi connectivity index (χ1) is 13.3. The van der Waals surface area contributed by atoms with Gasteiger partial charge < -0.3 is 15.4 Å². The summed E-state index contributed by atoms with van der Waals surface area (Å²) in [6.07, 6.45) is 3.36. The monoisotopic (exact) mass is 359 g/mol. The number of benzene rings is 2. The number of ether oxygens (including phenoxy) is 1. The maximum atomic E-state index is 12.8. The highest BCUT2D eigenvalue weighted by molar-refractivity contribution is 5.93. The molecule has 1 saturated heterocycles. The molecule has 0 saturated carbocycles. The Morgan fingerprint density at radius 3 is 2.52 bits per heavy atom. The third-order valence-corrected chi connectivity index (χ3v) is 4.77. The number of hydrogen-bond donors (Lipinski definition) is 2. The van der Waals surface area contributed by atoms with E-state index in [1.807, 2.05) is 54.6 Å². The number of carbonyl (C=O) groups is 1. The molecule has 1 aliphatic heterocycles. The van der Waals surface area contributed by atoms with Gasteiger partial charge in [-0.1, -0.05) is 30.3 Å². The van der Waals surface area contributed by atoms with Crippen LogP contribution in [0.25, 0.3) is 0 Å². The van der Waals surface area contributed by atoms with Crippen molar-refractivity contribution < 1.29 is 9.53 Å². The summed E-state index contributed by atoms with van der Waals surface area (Å²) < 4.78 is 5.73. The Morgan fingerprint density at radius 2 is 1.78 bits per heavy atom. The van der Waals surface area contributed by atoms with Crippen LogP contribution < -0.4 is 15.4 Å². The largest absolute Gasteiger partial charge is 0.456 e. The zero-order valence-corrected chi connectivity index (χ0v) is 14.8. The van der Waals surface area contributed by atoms with Crippen molar-refractivity contribution >= 4 is 11.6 Å². The van der Waals surface area contributed by atoms with E-state index < -0.39 is 0 Å². The topological polar surface area (TPSA) is 63.2 Å². The van der Waals surface area contributed by atoms with E-state index in [1.54, 1.807) is 12.4 Å². The molecule has 2 N–H and O–H groups in total. The van der Waals surface area contributed by atoms with Crippen LogP contribution in [-0.2, 0) is 4.79 Å². The van der Waals surface area contributed by atoms with Gasteiger partial charge in [0.05, 0.1) is 12.1 Å². The van der Waals surface area contributed by atoms with Crippen molar-refractivity contribution in [2.75, 3.05) is 18.4 Å². The van der Waals surface area contributed by atoms with Gasteiger partial charge in [-0.2, -0.15) is 0 Å². The number of amides is 1. The molecule has 3 aromatic rings. The Kier molecular flexibility index (Phi) is 5.12. The van der Waals surface area contributed by atoms with Gasteiger partial charge in [0, 0.05) is 30.9 Å². The summed E-state index contributed by atoms with van der Waals surface area (Å²) >= 11 is 0. The van der Waals surface area contributed by atoms with Gasteiger partial charge in [-0.05, 0) is 42.0 Å². The Hall–Kier alpha value is -3.18. The van der Waals surface area contributed by atoms with Crippen LogP contribution in [0.3, 0.4) is 0 Å². The minimum absolute atomic E-state index is 0.0368. The van der Waals surface area contributed by atoms with Crippen molar-refractivity contribution in [3.05, 3.63) is 84.7 Å². The molecule has 1 amide bonds. The molecule has 2 unspecified atom stereocenters. The first kappa shape index (κ1) is 17.2. The van der Waals surface area contributed by atoms with Crippen molar-refractivity contribution in [3.8, 4) is 11.5 Å². The van der Waals surface area contributed by atoms with Crippen molar-refractivity contribution in [2.45, 2.75) is 5.92 Å². The molecule has 5 nitrogen and oxygen atoms in total. The molecule has 0 spiro atoms. The quantitative estimate of drug-likeness (QED) is 0.727. The summed E-state index contributed by atoms with van der Waals surface area (Å²) in [7, 11) is 0. The van der Waals surface area contributed by atoms with Gasteiger partial charge in [0.25, 0.3) is 0 Å². The third-order valence-electron chi connectivity index (χ3n) is 4.77. The predicted octanol–water partition coefficient (Wildman–Crippen LogP) is 3.82. The van der Waals surface area contributed by atoms with Crippen molar-refractivity contribution in [2.24, 2.45) is 5.92 Å². The predicted molar refractivity (Wildman–Crippen MR) is 105 cm³/mol. The summed E-state index contributed by atoms with van der Waals surface area (Å²) in [5.41, 5.74) is 1.96. The van der Waals surface area contributed by atoms with Gasteiger partial charge in [-0.15, -0.1) is 0 Å². The molecule has 2 heterocycles. The molecule has 136 valence electrons. The van der Waals surface area contributed by atoms with Crippen LogP contribution in [-0.4, -0.2) is 24.0 Å². The maximum absolute atomic E-state index is 12.8. The smallest absolute Gasteiger partial charge is 0.229 e. The lowest BCUT2D eigenvalue weighted by Gasteiger charge is -2.18. The van der Waals surface area contributed by atoms with Crippen LogP contribution in [0, 0.1) is 5.92 Å². The van der Waals surface area contributed by atoms with Gasteiger partial charge in [-0.25, -0.2) is 0 Å². The molecule has 27 heavy (non-hydrogen) atoms. The zero-order chi connectivity index (χ0) is 18.5. The lowest BCUT2D eigenvalue weighted by molar-refractivity contribution is -0.119. The Morgan fingerprint density at radius 1 is 0.963 bits per heavy atom. The molecule has 2 aromatic carbocycles. The first-order valence-electron chi connectivity index (χ1n) is 9.04. The van der Waals surface area contributed by atoms with Crippen LogP contribution in [0.4, 0.5) is 5.69 Å². The summed E-state index contributed by atoms with van der Waals surface area (Å²) in [5, 5.41) is 6.37. The third kappa shape index (κ3) is 4.15. The van der Waals surface area contributed by atoms with E-state index in [0.717, 1.165) is 12.2 Å². The maximum Gasteiger partial charge on any atom is 0.229 e. The number of aromatic nitrogens is 1. The van der Waals surface area contributed by atoms with Crippen LogP contribution >= 0.6 is 0 Å². The molecule has 0 radical (unpaired) electrons.